The summed E-state index contributed by atoms with van der Waals surface area (Å²) in [6, 6.07) is 11.1. The smallest absolute Gasteiger partial charge is 0.341 e. The van der Waals surface area contributed by atoms with E-state index in [9.17, 15) is 22.4 Å². The van der Waals surface area contributed by atoms with Gasteiger partial charge in [-0.3, -0.25) is 4.79 Å². The van der Waals surface area contributed by atoms with Crippen LogP contribution < -0.4 is 10.0 Å². The first-order valence-electron chi connectivity index (χ1n) is 7.70. The van der Waals surface area contributed by atoms with Gasteiger partial charge in [-0.1, -0.05) is 24.3 Å². The Balaban J connectivity index is 2.14. The van der Waals surface area contributed by atoms with Crippen LogP contribution in [-0.2, 0) is 19.6 Å². The Morgan fingerprint density at radius 3 is 2.44 bits per heavy atom. The zero-order valence-electron chi connectivity index (χ0n) is 14.2. The summed E-state index contributed by atoms with van der Waals surface area (Å²) >= 11 is 0. The van der Waals surface area contributed by atoms with Crippen LogP contribution in [0.5, 0.6) is 0 Å². The Bertz CT molecular complexity index is 961. The normalized spacial score (nSPS) is 10.9. The van der Waals surface area contributed by atoms with Crippen LogP contribution in [-0.4, -0.2) is 33.4 Å². The summed E-state index contributed by atoms with van der Waals surface area (Å²) in [7, 11) is -4.12. The van der Waals surface area contributed by atoms with Gasteiger partial charge in [-0.25, -0.2) is 22.7 Å². The minimum atomic E-state index is -4.12. The van der Waals surface area contributed by atoms with Crippen molar-refractivity contribution in [2.24, 2.45) is 5.14 Å². The molecule has 0 fully saturated rings. The first kappa shape index (κ1) is 20.3. The van der Waals surface area contributed by atoms with Gasteiger partial charge in [0.25, 0.3) is 5.91 Å². The van der Waals surface area contributed by atoms with Crippen molar-refractivity contribution in [3.8, 4) is 0 Å². The van der Waals surface area contributed by atoms with Crippen molar-refractivity contribution in [1.29, 1.82) is 0 Å². The summed E-state index contributed by atoms with van der Waals surface area (Å²) in [6.07, 6.45) is 1.50. The highest BCUT2D eigenvalue weighted by molar-refractivity contribution is 7.89. The van der Waals surface area contributed by atoms with E-state index in [-0.39, 0.29) is 6.54 Å². The van der Waals surface area contributed by atoms with Gasteiger partial charge in [-0.05, 0) is 30.3 Å². The number of nitrogens with two attached hydrogens (primary N) is 1. The molecule has 2 aromatic rings. The molecule has 0 radical (unpaired) electrons. The molecule has 0 saturated heterocycles. The predicted molar refractivity (Wildman–Crippen MR) is 97.0 cm³/mol. The number of ether oxygens (including phenoxy) is 1. The maximum absolute atomic E-state index is 13.8. The molecule has 0 aliphatic heterocycles. The number of anilines is 1. The van der Waals surface area contributed by atoms with E-state index in [1.54, 1.807) is 30.3 Å². The van der Waals surface area contributed by atoms with Gasteiger partial charge in [0.2, 0.25) is 10.0 Å². The highest BCUT2D eigenvalue weighted by Gasteiger charge is 2.21. The molecule has 0 aliphatic carbocycles. The number of esters is 1. The summed E-state index contributed by atoms with van der Waals surface area (Å²) in [5, 5.41) is 4.96. The fourth-order valence-electron chi connectivity index (χ4n) is 2.21. The molecule has 142 valence electrons. The summed E-state index contributed by atoms with van der Waals surface area (Å²) in [6.45, 7) is 3.09. The van der Waals surface area contributed by atoms with E-state index in [1.165, 1.54) is 11.0 Å². The average Bonchev–Trinajstić information content (AvgIpc) is 2.64. The third kappa shape index (κ3) is 5.22. The molecule has 0 aromatic heterocycles. The second kappa shape index (κ2) is 8.56. The fraction of sp³-hybridized carbons (Fsp3) is 0.111. The number of rotatable bonds is 7. The van der Waals surface area contributed by atoms with Gasteiger partial charge >= 0.3 is 5.97 Å². The van der Waals surface area contributed by atoms with Crippen molar-refractivity contribution < 1.29 is 27.1 Å². The number of hydrogen-bond donors (Lipinski definition) is 1. The third-order valence-electron chi connectivity index (χ3n) is 3.49. The molecule has 2 rings (SSSR count). The van der Waals surface area contributed by atoms with Gasteiger partial charge in [0.1, 0.15) is 5.82 Å². The second-order valence-corrected chi connectivity index (χ2v) is 6.95. The zero-order chi connectivity index (χ0) is 20.0. The number of carbonyl (C=O) groups is 2. The molecule has 27 heavy (non-hydrogen) atoms. The Kier molecular flexibility index (Phi) is 6.43. The molecule has 0 unspecified atom stereocenters. The number of sulfonamides is 1. The zero-order valence-corrected chi connectivity index (χ0v) is 15.0. The summed E-state index contributed by atoms with van der Waals surface area (Å²) < 4.78 is 41.4. The maximum atomic E-state index is 13.8. The first-order chi connectivity index (χ1) is 12.7. The van der Waals surface area contributed by atoms with Crippen LogP contribution in [0.25, 0.3) is 0 Å². The Morgan fingerprint density at radius 1 is 1.19 bits per heavy atom. The van der Waals surface area contributed by atoms with Crippen molar-refractivity contribution in [3.63, 3.8) is 0 Å². The topological polar surface area (TPSA) is 107 Å². The Labute approximate surface area is 155 Å². The molecule has 0 bridgehead atoms. The molecule has 1 amide bonds. The molecule has 2 aromatic carbocycles. The van der Waals surface area contributed by atoms with Crippen LogP contribution in [0.15, 0.2) is 66.1 Å². The first-order valence-corrected chi connectivity index (χ1v) is 9.24. The lowest BCUT2D eigenvalue weighted by molar-refractivity contribution is -0.121. The van der Waals surface area contributed by atoms with Gasteiger partial charge < -0.3 is 9.64 Å². The van der Waals surface area contributed by atoms with Crippen LogP contribution >= 0.6 is 0 Å². The van der Waals surface area contributed by atoms with Crippen LogP contribution in [0.4, 0.5) is 10.1 Å². The molecule has 0 atom stereocenters. The number of benzene rings is 2. The maximum Gasteiger partial charge on any atom is 0.341 e. The minimum absolute atomic E-state index is 0.176. The molecule has 0 spiro atoms. The molecule has 0 aliphatic rings. The van der Waals surface area contributed by atoms with Gasteiger partial charge in [-0.15, -0.1) is 6.58 Å². The molecule has 0 saturated carbocycles. The van der Waals surface area contributed by atoms with Crippen molar-refractivity contribution >= 4 is 27.6 Å². The third-order valence-corrected chi connectivity index (χ3v) is 4.40. The van der Waals surface area contributed by atoms with Gasteiger partial charge in [0, 0.05) is 12.2 Å². The van der Waals surface area contributed by atoms with E-state index in [1.807, 2.05) is 0 Å². The van der Waals surface area contributed by atoms with E-state index in [4.69, 9.17) is 9.88 Å². The lowest BCUT2D eigenvalue weighted by atomic mass is 10.2. The molecule has 9 heteroatoms. The summed E-state index contributed by atoms with van der Waals surface area (Å²) in [4.78, 5) is 25.3. The predicted octanol–water partition coefficient (Wildman–Crippen LogP) is 1.85. The highest BCUT2D eigenvalue weighted by Crippen LogP contribution is 2.16. The largest absolute Gasteiger partial charge is 0.452 e. The Hall–Kier alpha value is -3.04. The van der Waals surface area contributed by atoms with E-state index < -0.39 is 44.8 Å². The monoisotopic (exact) mass is 392 g/mol. The number of amides is 1. The number of para-hydroxylation sites is 1. The molecular weight excluding hydrogens is 375 g/mol. The average molecular weight is 392 g/mol. The van der Waals surface area contributed by atoms with Gasteiger partial charge in [-0.2, -0.15) is 0 Å². The highest BCUT2D eigenvalue weighted by atomic mass is 32.2. The van der Waals surface area contributed by atoms with E-state index >= 15 is 0 Å². The summed E-state index contributed by atoms with van der Waals surface area (Å²) in [5.41, 5.74) is -0.0647. The molecular formula is C18H17FN2O5S. The van der Waals surface area contributed by atoms with Gasteiger partial charge in [0.05, 0.1) is 10.5 Å². The fourth-order valence-corrected chi connectivity index (χ4v) is 2.75. The number of primary sulfonamides is 1. The standard InChI is InChI=1S/C18H17FN2O5S/c1-2-10-21(13-6-4-3-5-7-13)17(22)12-26-18(23)15-11-14(27(20,24)25)8-9-16(15)19/h2-9,11H,1,10,12H2,(H2,20,24,25). The van der Waals surface area contributed by atoms with Crippen LogP contribution in [0.3, 0.4) is 0 Å². The number of hydrogen-bond acceptors (Lipinski definition) is 5. The van der Waals surface area contributed by atoms with E-state index in [0.717, 1.165) is 18.2 Å². The second-order valence-electron chi connectivity index (χ2n) is 5.39. The molecule has 7 nitrogen and oxygen atoms in total. The van der Waals surface area contributed by atoms with Gasteiger partial charge in [0.15, 0.2) is 6.61 Å². The summed E-state index contributed by atoms with van der Waals surface area (Å²) in [5.74, 6) is -2.73. The van der Waals surface area contributed by atoms with E-state index in [2.05, 4.69) is 6.58 Å². The number of nitrogens with zero attached hydrogens (tertiary/aromatic N) is 1. The van der Waals surface area contributed by atoms with Crippen LogP contribution in [0.1, 0.15) is 10.4 Å². The van der Waals surface area contributed by atoms with Crippen molar-refractivity contribution in [3.05, 3.63) is 72.6 Å². The SMILES string of the molecule is C=CCN(C(=O)COC(=O)c1cc(S(N)(=O)=O)ccc1F)c1ccccc1. The lowest BCUT2D eigenvalue weighted by Gasteiger charge is -2.21. The lowest BCUT2D eigenvalue weighted by Crippen LogP contribution is -2.35. The quantitative estimate of drug-likeness (QED) is 0.572. The minimum Gasteiger partial charge on any atom is -0.452 e. The van der Waals surface area contributed by atoms with Crippen LogP contribution in [0, 0.1) is 5.82 Å². The Morgan fingerprint density at radius 2 is 1.85 bits per heavy atom. The van der Waals surface area contributed by atoms with Crippen molar-refractivity contribution in [1.82, 2.24) is 0 Å². The van der Waals surface area contributed by atoms with E-state index in [0.29, 0.717) is 5.69 Å². The molecule has 0 heterocycles. The van der Waals surface area contributed by atoms with Crippen molar-refractivity contribution in [2.75, 3.05) is 18.1 Å². The number of halogens is 1. The number of carbonyl (C=O) groups excluding carboxylic acids is 2. The van der Waals surface area contributed by atoms with Crippen LogP contribution in [0.2, 0.25) is 0 Å². The van der Waals surface area contributed by atoms with Crippen molar-refractivity contribution in [2.45, 2.75) is 4.90 Å². The molecule has 2 N–H and O–H groups in total.